The fraction of sp³-hybridized carbons (Fsp3) is 0.143. The predicted molar refractivity (Wildman–Crippen MR) is 44.7 cm³/mol. The molecule has 1 aromatic rings. The number of likely N-dealkylation sites (N-methyl/N-ethyl adjacent to an activating group) is 1. The van der Waals surface area contributed by atoms with E-state index in [1.807, 2.05) is 0 Å². The molecule has 0 bridgehead atoms. The largest absolute Gasteiger partial charge is 0.351 e. The lowest BCUT2D eigenvalue weighted by Gasteiger charge is -2.01. The summed E-state index contributed by atoms with van der Waals surface area (Å²) in [5.41, 5.74) is 0.385. The second kappa shape index (κ2) is 4.15. The van der Waals surface area contributed by atoms with Crippen LogP contribution in [-0.4, -0.2) is 28.8 Å². The van der Waals surface area contributed by atoms with Crippen molar-refractivity contribution in [2.24, 2.45) is 0 Å². The maximum Gasteiger partial charge on any atom is 0.313 e. The number of anilines is 1. The molecule has 6 nitrogen and oxygen atoms in total. The van der Waals surface area contributed by atoms with Crippen LogP contribution in [0, 0.1) is 0 Å². The minimum absolute atomic E-state index is 0.385. The SMILES string of the molecule is CNC(=O)C(=O)Nc1cncnc1. The van der Waals surface area contributed by atoms with Gasteiger partial charge in [-0.1, -0.05) is 0 Å². The quantitative estimate of drug-likeness (QED) is 0.552. The number of nitrogens with one attached hydrogen (secondary N) is 2. The van der Waals surface area contributed by atoms with E-state index < -0.39 is 11.8 Å². The van der Waals surface area contributed by atoms with E-state index in [9.17, 15) is 9.59 Å². The molecule has 0 spiro atoms. The van der Waals surface area contributed by atoms with Crippen molar-refractivity contribution in [2.45, 2.75) is 0 Å². The van der Waals surface area contributed by atoms with Gasteiger partial charge in [0.05, 0.1) is 18.1 Å². The molecule has 1 heterocycles. The van der Waals surface area contributed by atoms with E-state index in [0.717, 1.165) is 0 Å². The first kappa shape index (κ1) is 9.11. The molecule has 68 valence electrons. The van der Waals surface area contributed by atoms with Crippen LogP contribution in [0.3, 0.4) is 0 Å². The minimum Gasteiger partial charge on any atom is -0.351 e. The summed E-state index contributed by atoms with van der Waals surface area (Å²) in [6.07, 6.45) is 4.12. The Labute approximate surface area is 74.4 Å². The lowest BCUT2D eigenvalue weighted by atomic mass is 10.5. The Morgan fingerprint density at radius 3 is 2.38 bits per heavy atom. The van der Waals surface area contributed by atoms with Gasteiger partial charge in [0.15, 0.2) is 0 Å². The average Bonchev–Trinajstić information content (AvgIpc) is 2.18. The maximum atomic E-state index is 11.0. The van der Waals surface area contributed by atoms with Crippen molar-refractivity contribution in [3.05, 3.63) is 18.7 Å². The molecule has 6 heteroatoms. The Bertz CT molecular complexity index is 312. The van der Waals surface area contributed by atoms with Gasteiger partial charge in [0.1, 0.15) is 6.33 Å². The number of hydrogen-bond donors (Lipinski definition) is 2. The zero-order valence-corrected chi connectivity index (χ0v) is 6.94. The zero-order chi connectivity index (χ0) is 9.68. The van der Waals surface area contributed by atoms with Crippen LogP contribution >= 0.6 is 0 Å². The number of rotatable bonds is 1. The van der Waals surface area contributed by atoms with Crippen LogP contribution < -0.4 is 10.6 Å². The Hall–Kier alpha value is -1.98. The molecule has 0 saturated carbocycles. The number of carbonyl (C=O) groups excluding carboxylic acids is 2. The first-order chi connectivity index (χ1) is 6.24. The smallest absolute Gasteiger partial charge is 0.313 e. The first-order valence-electron chi connectivity index (χ1n) is 3.52. The maximum absolute atomic E-state index is 11.0. The van der Waals surface area contributed by atoms with Gasteiger partial charge < -0.3 is 10.6 Å². The highest BCUT2D eigenvalue weighted by atomic mass is 16.2. The van der Waals surface area contributed by atoms with E-state index in [4.69, 9.17) is 0 Å². The first-order valence-corrected chi connectivity index (χ1v) is 3.52. The fourth-order valence-electron chi connectivity index (χ4n) is 0.665. The van der Waals surface area contributed by atoms with Crippen molar-refractivity contribution in [1.29, 1.82) is 0 Å². The van der Waals surface area contributed by atoms with E-state index in [-0.39, 0.29) is 0 Å². The number of carbonyl (C=O) groups is 2. The molecule has 0 aliphatic heterocycles. The molecule has 0 saturated heterocycles. The highest BCUT2D eigenvalue weighted by molar-refractivity contribution is 6.39. The monoisotopic (exact) mass is 180 g/mol. The van der Waals surface area contributed by atoms with Crippen LogP contribution in [-0.2, 0) is 9.59 Å². The van der Waals surface area contributed by atoms with Gasteiger partial charge in [0, 0.05) is 7.05 Å². The molecular weight excluding hydrogens is 172 g/mol. The normalized spacial score (nSPS) is 9.00. The van der Waals surface area contributed by atoms with Crippen molar-refractivity contribution >= 4 is 17.5 Å². The molecule has 13 heavy (non-hydrogen) atoms. The van der Waals surface area contributed by atoms with Crippen molar-refractivity contribution in [3.63, 3.8) is 0 Å². The van der Waals surface area contributed by atoms with Gasteiger partial charge in [-0.25, -0.2) is 9.97 Å². The summed E-state index contributed by atoms with van der Waals surface area (Å²) in [6.45, 7) is 0. The predicted octanol–water partition coefficient (Wildman–Crippen LogP) is -0.839. The lowest BCUT2D eigenvalue weighted by molar-refractivity contribution is -0.135. The molecule has 2 amide bonds. The molecule has 1 aromatic heterocycles. The van der Waals surface area contributed by atoms with E-state index in [2.05, 4.69) is 20.6 Å². The van der Waals surface area contributed by atoms with Crippen molar-refractivity contribution in [2.75, 3.05) is 12.4 Å². The third-order valence-electron chi connectivity index (χ3n) is 1.25. The van der Waals surface area contributed by atoms with Gasteiger partial charge in [-0.3, -0.25) is 9.59 Å². The number of hydrogen-bond acceptors (Lipinski definition) is 4. The van der Waals surface area contributed by atoms with Crippen LogP contribution in [0.4, 0.5) is 5.69 Å². The minimum atomic E-state index is -0.739. The van der Waals surface area contributed by atoms with Gasteiger partial charge in [-0.2, -0.15) is 0 Å². The van der Waals surface area contributed by atoms with E-state index in [0.29, 0.717) is 5.69 Å². The van der Waals surface area contributed by atoms with Crippen molar-refractivity contribution in [1.82, 2.24) is 15.3 Å². The number of nitrogens with zero attached hydrogens (tertiary/aromatic N) is 2. The topological polar surface area (TPSA) is 84.0 Å². The van der Waals surface area contributed by atoms with Crippen molar-refractivity contribution in [3.8, 4) is 0 Å². The van der Waals surface area contributed by atoms with Gasteiger partial charge in [0.25, 0.3) is 0 Å². The summed E-state index contributed by atoms with van der Waals surface area (Å²) in [5.74, 6) is -1.44. The molecule has 2 N–H and O–H groups in total. The van der Waals surface area contributed by atoms with E-state index in [1.54, 1.807) is 0 Å². The summed E-state index contributed by atoms with van der Waals surface area (Å²) in [6, 6.07) is 0. The van der Waals surface area contributed by atoms with Crippen LogP contribution in [0.25, 0.3) is 0 Å². The lowest BCUT2D eigenvalue weighted by Crippen LogP contribution is -2.32. The molecule has 0 unspecified atom stereocenters. The second-order valence-electron chi connectivity index (χ2n) is 2.16. The van der Waals surface area contributed by atoms with Crippen LogP contribution in [0.1, 0.15) is 0 Å². The molecule has 0 aromatic carbocycles. The third-order valence-corrected chi connectivity index (χ3v) is 1.25. The van der Waals surface area contributed by atoms with Crippen LogP contribution in [0.5, 0.6) is 0 Å². The Morgan fingerprint density at radius 1 is 1.23 bits per heavy atom. The molecule has 0 atom stereocenters. The Kier molecular flexibility index (Phi) is 2.91. The zero-order valence-electron chi connectivity index (χ0n) is 6.94. The Balaban J connectivity index is 2.60. The average molecular weight is 180 g/mol. The highest BCUT2D eigenvalue weighted by Gasteiger charge is 2.10. The van der Waals surface area contributed by atoms with Crippen LogP contribution in [0.15, 0.2) is 18.7 Å². The van der Waals surface area contributed by atoms with Crippen LogP contribution in [0.2, 0.25) is 0 Å². The Morgan fingerprint density at radius 2 is 1.85 bits per heavy atom. The van der Waals surface area contributed by atoms with E-state index >= 15 is 0 Å². The van der Waals surface area contributed by atoms with Gasteiger partial charge >= 0.3 is 11.8 Å². The van der Waals surface area contributed by atoms with Gasteiger partial charge in [0.2, 0.25) is 0 Å². The second-order valence-corrected chi connectivity index (χ2v) is 2.16. The summed E-state index contributed by atoms with van der Waals surface area (Å²) < 4.78 is 0. The van der Waals surface area contributed by atoms with Crippen molar-refractivity contribution < 1.29 is 9.59 Å². The molecule has 1 rings (SSSR count). The molecule has 0 radical (unpaired) electrons. The molecule has 0 fully saturated rings. The summed E-state index contributed by atoms with van der Waals surface area (Å²) in [7, 11) is 1.38. The molecule has 0 aliphatic rings. The van der Waals surface area contributed by atoms with Gasteiger partial charge in [-0.15, -0.1) is 0 Å². The third kappa shape index (κ3) is 2.51. The summed E-state index contributed by atoms with van der Waals surface area (Å²) in [4.78, 5) is 29.0. The van der Waals surface area contributed by atoms with E-state index in [1.165, 1.54) is 25.8 Å². The number of amides is 2. The summed E-state index contributed by atoms with van der Waals surface area (Å²) in [5, 5.41) is 4.51. The van der Waals surface area contributed by atoms with Gasteiger partial charge in [-0.05, 0) is 0 Å². The fourth-order valence-corrected chi connectivity index (χ4v) is 0.665. The molecular formula is C7H8N4O2. The molecule has 0 aliphatic carbocycles. The highest BCUT2D eigenvalue weighted by Crippen LogP contribution is 1.98. The number of aromatic nitrogens is 2. The summed E-state index contributed by atoms with van der Waals surface area (Å²) >= 11 is 0. The standard InChI is InChI=1S/C7H8N4O2/c1-8-6(12)7(13)11-5-2-9-4-10-3-5/h2-4H,1H3,(H,8,12)(H,11,13).